The molecule has 4 N–H and O–H groups in total. The van der Waals surface area contributed by atoms with Crippen molar-refractivity contribution in [3.63, 3.8) is 0 Å². The molecule has 0 saturated heterocycles. The van der Waals surface area contributed by atoms with E-state index in [4.69, 9.17) is 5.73 Å². The topological polar surface area (TPSA) is 101 Å². The van der Waals surface area contributed by atoms with Gasteiger partial charge in [-0.1, -0.05) is 0 Å². The second-order valence-electron chi connectivity index (χ2n) is 3.95. The summed E-state index contributed by atoms with van der Waals surface area (Å²) in [6, 6.07) is 0. The quantitative estimate of drug-likeness (QED) is 0.676. The number of alkyl halides is 3. The lowest BCUT2D eigenvalue weighted by Crippen LogP contribution is -2.27. The van der Waals surface area contributed by atoms with Gasteiger partial charge in [0.1, 0.15) is 0 Å². The standard InChI is InChI=1S/C9H15F3N4O2S/c1-6-7(5-13)8(16-15-6)19(17,18)14-4-2-3-9(10,11)12/h14H,2-5,13H2,1H3,(H,15,16). The second-order valence-corrected chi connectivity index (χ2v) is 5.64. The van der Waals surface area contributed by atoms with Gasteiger partial charge in [-0.25, -0.2) is 13.1 Å². The van der Waals surface area contributed by atoms with Crippen LogP contribution in [0.15, 0.2) is 5.03 Å². The molecule has 0 aliphatic carbocycles. The molecule has 0 bridgehead atoms. The maximum absolute atomic E-state index is 11.9. The van der Waals surface area contributed by atoms with Crippen LogP contribution in [-0.2, 0) is 16.6 Å². The molecule has 0 aliphatic heterocycles. The zero-order valence-electron chi connectivity index (χ0n) is 10.2. The Morgan fingerprint density at radius 2 is 2.05 bits per heavy atom. The average molecular weight is 300 g/mol. The number of aromatic nitrogens is 2. The van der Waals surface area contributed by atoms with Gasteiger partial charge in [0, 0.05) is 30.8 Å². The molecule has 10 heteroatoms. The monoisotopic (exact) mass is 300 g/mol. The van der Waals surface area contributed by atoms with Crippen LogP contribution >= 0.6 is 0 Å². The van der Waals surface area contributed by atoms with Crippen LogP contribution in [0.2, 0.25) is 0 Å². The van der Waals surface area contributed by atoms with Crippen molar-refractivity contribution in [2.75, 3.05) is 6.54 Å². The lowest BCUT2D eigenvalue weighted by molar-refractivity contribution is -0.135. The SMILES string of the molecule is Cc1[nH]nc(S(=O)(=O)NCCCC(F)(F)F)c1CN. The Kier molecular flexibility index (Phi) is 4.93. The van der Waals surface area contributed by atoms with Crippen LogP contribution in [0.3, 0.4) is 0 Å². The molecule has 0 unspecified atom stereocenters. The molecular formula is C9H15F3N4O2S. The second kappa shape index (κ2) is 5.88. The minimum absolute atomic E-state index is 0.0267. The summed E-state index contributed by atoms with van der Waals surface area (Å²) in [5.41, 5.74) is 6.24. The van der Waals surface area contributed by atoms with E-state index in [-0.39, 0.29) is 24.5 Å². The van der Waals surface area contributed by atoms with E-state index in [0.29, 0.717) is 11.3 Å². The summed E-state index contributed by atoms with van der Waals surface area (Å²) >= 11 is 0. The maximum atomic E-state index is 11.9. The number of sulfonamides is 1. The molecule has 1 aromatic heterocycles. The van der Waals surface area contributed by atoms with E-state index in [1.165, 1.54) is 0 Å². The molecule has 1 aromatic rings. The maximum Gasteiger partial charge on any atom is 0.389 e. The summed E-state index contributed by atoms with van der Waals surface area (Å²) in [6.07, 6.45) is -5.67. The van der Waals surface area contributed by atoms with Crippen molar-refractivity contribution in [3.05, 3.63) is 11.3 Å². The number of aromatic amines is 1. The smallest absolute Gasteiger partial charge is 0.326 e. The number of aryl methyl sites for hydroxylation is 1. The summed E-state index contributed by atoms with van der Waals surface area (Å²) in [4.78, 5) is 0. The first-order valence-corrected chi connectivity index (χ1v) is 6.96. The number of nitrogens with one attached hydrogen (secondary N) is 2. The summed E-state index contributed by atoms with van der Waals surface area (Å²) in [7, 11) is -3.94. The van der Waals surface area contributed by atoms with Crippen LogP contribution in [0.4, 0.5) is 13.2 Å². The van der Waals surface area contributed by atoms with Crippen molar-refractivity contribution >= 4 is 10.0 Å². The van der Waals surface area contributed by atoms with Crippen LogP contribution in [0.1, 0.15) is 24.1 Å². The average Bonchev–Trinajstić information content (AvgIpc) is 2.65. The zero-order valence-corrected chi connectivity index (χ0v) is 11.0. The number of hydrogen-bond donors (Lipinski definition) is 3. The van der Waals surface area contributed by atoms with E-state index in [1.54, 1.807) is 6.92 Å². The van der Waals surface area contributed by atoms with Gasteiger partial charge in [-0.2, -0.15) is 18.3 Å². The minimum atomic E-state index is -4.29. The first-order chi connectivity index (χ1) is 8.67. The Hall–Kier alpha value is -1.13. The molecule has 0 fully saturated rings. The fourth-order valence-electron chi connectivity index (χ4n) is 1.46. The predicted octanol–water partition coefficient (Wildman–Crippen LogP) is 0.798. The van der Waals surface area contributed by atoms with Crippen LogP contribution in [0.25, 0.3) is 0 Å². The third-order valence-electron chi connectivity index (χ3n) is 2.42. The Morgan fingerprint density at radius 3 is 2.58 bits per heavy atom. The highest BCUT2D eigenvalue weighted by Crippen LogP contribution is 2.21. The van der Waals surface area contributed by atoms with Gasteiger partial charge in [-0.05, 0) is 13.3 Å². The van der Waals surface area contributed by atoms with Gasteiger partial charge in [0.15, 0.2) is 5.03 Å². The molecule has 0 aromatic carbocycles. The van der Waals surface area contributed by atoms with Gasteiger partial charge in [0.2, 0.25) is 0 Å². The predicted molar refractivity (Wildman–Crippen MR) is 61.7 cm³/mol. The summed E-state index contributed by atoms with van der Waals surface area (Å²) in [5, 5.41) is 5.82. The lowest BCUT2D eigenvalue weighted by atomic mass is 10.3. The van der Waals surface area contributed by atoms with Gasteiger partial charge in [-0.3, -0.25) is 5.10 Å². The highest BCUT2D eigenvalue weighted by atomic mass is 32.2. The molecule has 110 valence electrons. The number of rotatable bonds is 6. The Balaban J connectivity index is 2.66. The number of nitrogens with zero attached hydrogens (tertiary/aromatic N) is 1. The van der Waals surface area contributed by atoms with E-state index in [0.717, 1.165) is 0 Å². The minimum Gasteiger partial charge on any atom is -0.326 e. The van der Waals surface area contributed by atoms with Crippen molar-refractivity contribution in [3.8, 4) is 0 Å². The van der Waals surface area contributed by atoms with Crippen LogP contribution < -0.4 is 10.5 Å². The van der Waals surface area contributed by atoms with E-state index >= 15 is 0 Å². The fraction of sp³-hybridized carbons (Fsp3) is 0.667. The van der Waals surface area contributed by atoms with Gasteiger partial charge in [0.05, 0.1) is 0 Å². The van der Waals surface area contributed by atoms with Crippen molar-refractivity contribution in [2.45, 2.75) is 37.5 Å². The van der Waals surface area contributed by atoms with E-state index in [1.807, 2.05) is 0 Å². The van der Waals surface area contributed by atoms with Gasteiger partial charge >= 0.3 is 6.18 Å². The van der Waals surface area contributed by atoms with Crippen LogP contribution in [0, 0.1) is 6.92 Å². The summed E-state index contributed by atoms with van der Waals surface area (Å²) in [5.74, 6) is 0. The van der Waals surface area contributed by atoms with Crippen LogP contribution in [0.5, 0.6) is 0 Å². The fourth-order valence-corrected chi connectivity index (χ4v) is 2.73. The molecule has 1 rings (SSSR count). The third kappa shape index (κ3) is 4.48. The molecule has 6 nitrogen and oxygen atoms in total. The highest BCUT2D eigenvalue weighted by molar-refractivity contribution is 7.89. The first-order valence-electron chi connectivity index (χ1n) is 5.47. The Bertz CT molecular complexity index is 524. The number of H-pyrrole nitrogens is 1. The van der Waals surface area contributed by atoms with Gasteiger partial charge < -0.3 is 5.73 Å². The molecule has 19 heavy (non-hydrogen) atoms. The Morgan fingerprint density at radius 1 is 1.42 bits per heavy atom. The van der Waals surface area contributed by atoms with Crippen molar-refractivity contribution in [1.29, 1.82) is 0 Å². The molecule has 1 heterocycles. The normalized spacial score (nSPS) is 12.9. The molecular weight excluding hydrogens is 285 g/mol. The van der Waals surface area contributed by atoms with E-state index in [2.05, 4.69) is 14.9 Å². The Labute approximate surface area is 108 Å². The van der Waals surface area contributed by atoms with Gasteiger partial charge in [-0.15, -0.1) is 0 Å². The number of hydrogen-bond acceptors (Lipinski definition) is 4. The third-order valence-corrected chi connectivity index (χ3v) is 3.85. The van der Waals surface area contributed by atoms with Crippen molar-refractivity contribution in [1.82, 2.24) is 14.9 Å². The zero-order chi connectivity index (χ0) is 14.7. The number of halogens is 3. The van der Waals surface area contributed by atoms with Crippen LogP contribution in [-0.4, -0.2) is 31.3 Å². The van der Waals surface area contributed by atoms with E-state index in [9.17, 15) is 21.6 Å². The molecule has 0 amide bonds. The highest BCUT2D eigenvalue weighted by Gasteiger charge is 2.27. The van der Waals surface area contributed by atoms with Gasteiger partial charge in [0.25, 0.3) is 10.0 Å². The van der Waals surface area contributed by atoms with E-state index < -0.39 is 22.6 Å². The first kappa shape index (κ1) is 15.9. The molecule has 0 radical (unpaired) electrons. The summed E-state index contributed by atoms with van der Waals surface area (Å²) in [6.45, 7) is 1.27. The van der Waals surface area contributed by atoms with Crippen molar-refractivity contribution < 1.29 is 21.6 Å². The molecule has 0 spiro atoms. The molecule has 0 aliphatic rings. The summed E-state index contributed by atoms with van der Waals surface area (Å²) < 4.78 is 61.4. The largest absolute Gasteiger partial charge is 0.389 e. The van der Waals surface area contributed by atoms with Crippen molar-refractivity contribution in [2.24, 2.45) is 5.73 Å². The number of nitrogens with two attached hydrogens (primary N) is 1. The lowest BCUT2D eigenvalue weighted by Gasteiger charge is -2.07. The molecule has 0 saturated carbocycles. The molecule has 0 atom stereocenters.